The van der Waals surface area contributed by atoms with Crippen LogP contribution >= 0.6 is 0 Å². The number of ether oxygens (including phenoxy) is 1. The summed E-state index contributed by atoms with van der Waals surface area (Å²) in [6.07, 6.45) is 3.53. The van der Waals surface area contributed by atoms with Crippen LogP contribution in [-0.2, 0) is 10.0 Å². The van der Waals surface area contributed by atoms with Crippen LogP contribution in [0, 0.1) is 0 Å². The number of nitrogens with one attached hydrogen (secondary N) is 1. The lowest BCUT2D eigenvalue weighted by molar-refractivity contribution is 0.313. The minimum atomic E-state index is -3.57. The molecule has 2 aromatic carbocycles. The smallest absolute Gasteiger partial charge is 0.241 e. The van der Waals surface area contributed by atoms with Gasteiger partial charge in [0.25, 0.3) is 0 Å². The highest BCUT2D eigenvalue weighted by Crippen LogP contribution is 2.31. The van der Waals surface area contributed by atoms with Crippen molar-refractivity contribution in [2.24, 2.45) is 0 Å². The molecule has 0 saturated carbocycles. The van der Waals surface area contributed by atoms with Crippen LogP contribution in [0.3, 0.4) is 0 Å². The molecule has 0 unspecified atom stereocenters. The summed E-state index contributed by atoms with van der Waals surface area (Å²) in [6.45, 7) is 6.45. The Morgan fingerprint density at radius 1 is 1.18 bits per heavy atom. The van der Waals surface area contributed by atoms with Crippen molar-refractivity contribution < 1.29 is 13.2 Å². The van der Waals surface area contributed by atoms with Crippen LogP contribution in [0.4, 0.5) is 0 Å². The molecule has 0 saturated heterocycles. The molecule has 2 rings (SSSR count). The molecule has 0 spiro atoms. The maximum Gasteiger partial charge on any atom is 0.241 e. The third-order valence-corrected chi connectivity index (χ3v) is 4.79. The van der Waals surface area contributed by atoms with Gasteiger partial charge in [0.15, 0.2) is 0 Å². The van der Waals surface area contributed by atoms with Gasteiger partial charge < -0.3 is 4.74 Å². The Morgan fingerprint density at radius 3 is 2.59 bits per heavy atom. The Morgan fingerprint density at radius 2 is 1.91 bits per heavy atom. The lowest BCUT2D eigenvalue weighted by atomic mass is 10.1. The van der Waals surface area contributed by atoms with Gasteiger partial charge in [-0.3, -0.25) is 0 Å². The minimum Gasteiger partial charge on any atom is -0.493 e. The number of hydrogen-bond acceptors (Lipinski definition) is 3. The molecule has 5 heteroatoms. The number of sulfonamides is 1. The lowest BCUT2D eigenvalue weighted by Gasteiger charge is -2.13. The third kappa shape index (κ3) is 3.67. The van der Waals surface area contributed by atoms with E-state index < -0.39 is 10.0 Å². The van der Waals surface area contributed by atoms with E-state index >= 15 is 0 Å². The Bertz CT molecular complexity index is 754. The highest BCUT2D eigenvalue weighted by molar-refractivity contribution is 7.89. The Balaban J connectivity index is 2.46. The molecule has 0 atom stereocenters. The van der Waals surface area contributed by atoms with Gasteiger partial charge in [-0.1, -0.05) is 43.7 Å². The summed E-state index contributed by atoms with van der Waals surface area (Å²) in [5, 5.41) is 1.47. The number of hydrogen-bond donors (Lipinski definition) is 1. The number of benzene rings is 2. The molecule has 22 heavy (non-hydrogen) atoms. The summed E-state index contributed by atoms with van der Waals surface area (Å²) in [5.41, 5.74) is 0. The molecule has 4 nitrogen and oxygen atoms in total. The van der Waals surface area contributed by atoms with Gasteiger partial charge in [0, 0.05) is 17.3 Å². The van der Waals surface area contributed by atoms with Gasteiger partial charge in [-0.15, -0.1) is 6.58 Å². The van der Waals surface area contributed by atoms with Crippen LogP contribution in [0.5, 0.6) is 5.75 Å². The van der Waals surface area contributed by atoms with E-state index in [2.05, 4.69) is 18.2 Å². The predicted octanol–water partition coefficient (Wildman–Crippen LogP) is 3.48. The summed E-state index contributed by atoms with van der Waals surface area (Å²) < 4.78 is 33.0. The normalized spacial score (nSPS) is 11.5. The topological polar surface area (TPSA) is 55.4 Å². The van der Waals surface area contributed by atoms with Crippen molar-refractivity contribution in [3.05, 3.63) is 49.1 Å². The molecule has 0 aliphatic carbocycles. The molecular formula is C17H21NO3S. The maximum absolute atomic E-state index is 12.4. The van der Waals surface area contributed by atoms with E-state index in [0.29, 0.717) is 17.7 Å². The van der Waals surface area contributed by atoms with E-state index in [-0.39, 0.29) is 11.4 Å². The van der Waals surface area contributed by atoms with Crippen molar-refractivity contribution in [2.75, 3.05) is 13.2 Å². The van der Waals surface area contributed by atoms with Gasteiger partial charge >= 0.3 is 0 Å². The predicted molar refractivity (Wildman–Crippen MR) is 89.7 cm³/mol. The molecule has 0 heterocycles. The number of fused-ring (bicyclic) bond motifs is 1. The van der Waals surface area contributed by atoms with Crippen LogP contribution in [0.25, 0.3) is 10.8 Å². The van der Waals surface area contributed by atoms with Crippen LogP contribution in [0.1, 0.15) is 19.8 Å². The minimum absolute atomic E-state index is 0.200. The van der Waals surface area contributed by atoms with E-state index in [1.807, 2.05) is 18.2 Å². The zero-order chi connectivity index (χ0) is 16.0. The van der Waals surface area contributed by atoms with E-state index in [9.17, 15) is 8.42 Å². The molecule has 0 aliphatic heterocycles. The van der Waals surface area contributed by atoms with Crippen molar-refractivity contribution >= 4 is 20.8 Å². The zero-order valence-electron chi connectivity index (χ0n) is 12.7. The van der Waals surface area contributed by atoms with E-state index in [0.717, 1.165) is 18.2 Å². The molecule has 2 aromatic rings. The fraction of sp³-hybridized carbons (Fsp3) is 0.294. The quantitative estimate of drug-likeness (QED) is 0.598. The monoisotopic (exact) mass is 319 g/mol. The zero-order valence-corrected chi connectivity index (χ0v) is 13.5. The first-order chi connectivity index (χ1) is 10.6. The van der Waals surface area contributed by atoms with E-state index in [4.69, 9.17) is 4.74 Å². The van der Waals surface area contributed by atoms with Gasteiger partial charge in [0.05, 0.1) is 11.5 Å². The fourth-order valence-corrected chi connectivity index (χ4v) is 3.38. The SMILES string of the molecule is C=CCNS(=O)(=O)c1ccc(OCCCC)c2ccccc12. The van der Waals surface area contributed by atoms with Gasteiger partial charge in [-0.05, 0) is 18.6 Å². The second-order valence-electron chi connectivity index (χ2n) is 4.95. The lowest BCUT2D eigenvalue weighted by Crippen LogP contribution is -2.23. The molecule has 1 N–H and O–H groups in total. The number of rotatable bonds is 8. The average molecular weight is 319 g/mol. The first-order valence-corrected chi connectivity index (χ1v) is 8.83. The standard InChI is InChI=1S/C17H21NO3S/c1-3-5-13-21-16-10-11-17(22(19,20)18-12-4-2)15-9-7-6-8-14(15)16/h4,6-11,18H,2-3,5,12-13H2,1H3. The van der Waals surface area contributed by atoms with Gasteiger partial charge in [0.1, 0.15) is 5.75 Å². The van der Waals surface area contributed by atoms with Gasteiger partial charge in [-0.2, -0.15) is 0 Å². The Hall–Kier alpha value is -1.85. The van der Waals surface area contributed by atoms with Crippen molar-refractivity contribution in [1.29, 1.82) is 0 Å². The Kier molecular flexibility index (Phi) is 5.57. The molecular weight excluding hydrogens is 298 g/mol. The second-order valence-corrected chi connectivity index (χ2v) is 6.69. The van der Waals surface area contributed by atoms with E-state index in [1.54, 1.807) is 18.2 Å². The van der Waals surface area contributed by atoms with Crippen molar-refractivity contribution in [3.63, 3.8) is 0 Å². The highest BCUT2D eigenvalue weighted by Gasteiger charge is 2.18. The fourth-order valence-electron chi connectivity index (χ4n) is 2.18. The average Bonchev–Trinajstić information content (AvgIpc) is 2.53. The van der Waals surface area contributed by atoms with Crippen LogP contribution in [-0.4, -0.2) is 21.6 Å². The first-order valence-electron chi connectivity index (χ1n) is 7.35. The van der Waals surface area contributed by atoms with Crippen LogP contribution in [0.15, 0.2) is 53.9 Å². The molecule has 0 aliphatic rings. The molecule has 0 aromatic heterocycles. The molecule has 118 valence electrons. The summed E-state index contributed by atoms with van der Waals surface area (Å²) in [6, 6.07) is 10.7. The van der Waals surface area contributed by atoms with Gasteiger partial charge in [-0.25, -0.2) is 13.1 Å². The van der Waals surface area contributed by atoms with Crippen molar-refractivity contribution in [1.82, 2.24) is 4.72 Å². The van der Waals surface area contributed by atoms with Crippen LogP contribution in [0.2, 0.25) is 0 Å². The molecule has 0 bridgehead atoms. The molecule has 0 radical (unpaired) electrons. The molecule has 0 amide bonds. The van der Waals surface area contributed by atoms with Crippen molar-refractivity contribution in [2.45, 2.75) is 24.7 Å². The largest absolute Gasteiger partial charge is 0.493 e. The maximum atomic E-state index is 12.4. The summed E-state index contributed by atoms with van der Waals surface area (Å²) in [5.74, 6) is 0.715. The molecule has 0 fully saturated rings. The van der Waals surface area contributed by atoms with Gasteiger partial charge in [0.2, 0.25) is 10.0 Å². The Labute approximate surface area is 131 Å². The summed E-state index contributed by atoms with van der Waals surface area (Å²) in [4.78, 5) is 0.257. The highest BCUT2D eigenvalue weighted by atomic mass is 32.2. The third-order valence-electron chi connectivity index (χ3n) is 3.31. The van der Waals surface area contributed by atoms with Crippen LogP contribution < -0.4 is 9.46 Å². The van der Waals surface area contributed by atoms with Crippen molar-refractivity contribution in [3.8, 4) is 5.75 Å². The second kappa shape index (κ2) is 7.42. The van der Waals surface area contributed by atoms with E-state index in [1.165, 1.54) is 6.08 Å². The number of unbranched alkanes of at least 4 members (excludes halogenated alkanes) is 1. The summed E-state index contributed by atoms with van der Waals surface area (Å²) in [7, 11) is -3.57. The first kappa shape index (κ1) is 16.5. The summed E-state index contributed by atoms with van der Waals surface area (Å²) >= 11 is 0.